The number of benzene rings is 1. The molecule has 0 heterocycles. The van der Waals surface area contributed by atoms with Gasteiger partial charge < -0.3 is 10.4 Å². The average Bonchev–Trinajstić information content (AvgIpc) is 2.39. The van der Waals surface area contributed by atoms with Crippen LogP contribution in [0.5, 0.6) is 0 Å². The molecule has 102 valence electrons. The number of rotatable bonds is 4. The first-order valence-electron chi connectivity index (χ1n) is 6.76. The van der Waals surface area contributed by atoms with Crippen LogP contribution in [-0.4, -0.2) is 17.8 Å². The van der Waals surface area contributed by atoms with Gasteiger partial charge in [-0.25, -0.2) is 4.39 Å². The lowest BCUT2D eigenvalue weighted by Crippen LogP contribution is -2.29. The summed E-state index contributed by atoms with van der Waals surface area (Å²) in [6, 6.07) is 6.29. The van der Waals surface area contributed by atoms with Crippen LogP contribution in [0.1, 0.15) is 36.8 Å². The van der Waals surface area contributed by atoms with Crippen molar-refractivity contribution >= 4 is 0 Å². The molecule has 2 N–H and O–H groups in total. The van der Waals surface area contributed by atoms with Crippen LogP contribution in [0.2, 0.25) is 0 Å². The fourth-order valence-electron chi connectivity index (χ4n) is 2.68. The molecule has 1 fully saturated rings. The van der Waals surface area contributed by atoms with Crippen LogP contribution < -0.4 is 5.32 Å². The van der Waals surface area contributed by atoms with E-state index in [0.29, 0.717) is 23.6 Å². The van der Waals surface area contributed by atoms with E-state index in [4.69, 9.17) is 5.26 Å². The molecule has 0 aliphatic heterocycles. The van der Waals surface area contributed by atoms with Crippen molar-refractivity contribution in [2.75, 3.05) is 6.54 Å². The Morgan fingerprint density at radius 3 is 3.00 bits per heavy atom. The molecule has 1 aliphatic carbocycles. The molecular formula is C15H19FN2O. The van der Waals surface area contributed by atoms with Gasteiger partial charge in [0.15, 0.2) is 0 Å². The first kappa shape index (κ1) is 14.0. The summed E-state index contributed by atoms with van der Waals surface area (Å²) in [5.41, 5.74) is 1.21. The molecule has 0 spiro atoms. The van der Waals surface area contributed by atoms with Crippen LogP contribution in [0.4, 0.5) is 4.39 Å². The van der Waals surface area contributed by atoms with Crippen molar-refractivity contribution in [2.45, 2.75) is 38.3 Å². The summed E-state index contributed by atoms with van der Waals surface area (Å²) in [5.74, 6) is 0.159. The molecule has 1 aromatic rings. The van der Waals surface area contributed by atoms with E-state index in [1.54, 1.807) is 0 Å². The third kappa shape index (κ3) is 4.02. The average molecular weight is 262 g/mol. The summed E-state index contributed by atoms with van der Waals surface area (Å²) in [4.78, 5) is 0. The molecule has 0 bridgehead atoms. The molecule has 2 rings (SSSR count). The molecule has 0 saturated heterocycles. The zero-order valence-corrected chi connectivity index (χ0v) is 10.9. The van der Waals surface area contributed by atoms with Crippen LogP contribution in [-0.2, 0) is 6.54 Å². The fraction of sp³-hybridized carbons (Fsp3) is 0.533. The number of hydrogen-bond donors (Lipinski definition) is 2. The highest BCUT2D eigenvalue weighted by atomic mass is 19.1. The zero-order valence-electron chi connectivity index (χ0n) is 10.9. The summed E-state index contributed by atoms with van der Waals surface area (Å²) in [6.07, 6.45) is 3.75. The monoisotopic (exact) mass is 262 g/mol. The van der Waals surface area contributed by atoms with E-state index in [0.717, 1.165) is 32.2 Å². The topological polar surface area (TPSA) is 56.0 Å². The Bertz CT molecular complexity index is 470. The first-order chi connectivity index (χ1) is 9.19. The van der Waals surface area contributed by atoms with Crippen LogP contribution in [0.3, 0.4) is 0 Å². The van der Waals surface area contributed by atoms with E-state index in [2.05, 4.69) is 11.4 Å². The second kappa shape index (κ2) is 6.65. The van der Waals surface area contributed by atoms with Crippen LogP contribution in [0, 0.1) is 23.1 Å². The standard InChI is InChI=1S/C15H19FN2O/c16-14-5-4-12(8-17)13(7-14)10-18-9-11-2-1-3-15(19)6-11/h4-5,7,11,15,18-19H,1-3,6,9-10H2. The van der Waals surface area contributed by atoms with E-state index in [9.17, 15) is 9.50 Å². The van der Waals surface area contributed by atoms with Crippen molar-refractivity contribution in [1.29, 1.82) is 5.26 Å². The third-order valence-corrected chi connectivity index (χ3v) is 3.69. The predicted molar refractivity (Wildman–Crippen MR) is 70.8 cm³/mol. The molecule has 0 amide bonds. The second-order valence-electron chi connectivity index (χ2n) is 5.23. The lowest BCUT2D eigenvalue weighted by molar-refractivity contribution is 0.101. The van der Waals surface area contributed by atoms with Gasteiger partial charge in [-0.15, -0.1) is 0 Å². The molecular weight excluding hydrogens is 243 g/mol. The van der Waals surface area contributed by atoms with Crippen molar-refractivity contribution in [3.63, 3.8) is 0 Å². The number of nitrogens with one attached hydrogen (secondary N) is 1. The summed E-state index contributed by atoms with van der Waals surface area (Å²) in [7, 11) is 0. The molecule has 4 heteroatoms. The predicted octanol–water partition coefficient (Wildman–Crippen LogP) is 2.34. The number of halogens is 1. The van der Waals surface area contributed by atoms with Gasteiger partial charge in [-0.05, 0) is 55.5 Å². The quantitative estimate of drug-likeness (QED) is 0.875. The van der Waals surface area contributed by atoms with Gasteiger partial charge in [-0.3, -0.25) is 0 Å². The highest BCUT2D eigenvalue weighted by Crippen LogP contribution is 2.23. The molecule has 1 saturated carbocycles. The Morgan fingerprint density at radius 2 is 2.26 bits per heavy atom. The van der Waals surface area contributed by atoms with Gasteiger partial charge in [-0.2, -0.15) is 5.26 Å². The SMILES string of the molecule is N#Cc1ccc(F)cc1CNCC1CCCC(O)C1. The largest absolute Gasteiger partial charge is 0.393 e. The lowest BCUT2D eigenvalue weighted by atomic mass is 9.87. The Kier molecular flexibility index (Phi) is 4.89. The number of aliphatic hydroxyl groups is 1. The van der Waals surface area contributed by atoms with E-state index in [-0.39, 0.29) is 11.9 Å². The van der Waals surface area contributed by atoms with E-state index in [1.807, 2.05) is 0 Å². The highest BCUT2D eigenvalue weighted by molar-refractivity contribution is 5.37. The van der Waals surface area contributed by atoms with Crippen LogP contribution >= 0.6 is 0 Å². The number of aliphatic hydroxyl groups excluding tert-OH is 1. The minimum Gasteiger partial charge on any atom is -0.393 e. The normalized spacial score (nSPS) is 23.0. The minimum atomic E-state index is -0.316. The Morgan fingerprint density at radius 1 is 1.42 bits per heavy atom. The molecule has 3 nitrogen and oxygen atoms in total. The smallest absolute Gasteiger partial charge is 0.123 e. The van der Waals surface area contributed by atoms with Gasteiger partial charge in [0.25, 0.3) is 0 Å². The molecule has 1 aliphatic rings. The maximum absolute atomic E-state index is 13.1. The maximum Gasteiger partial charge on any atom is 0.123 e. The molecule has 19 heavy (non-hydrogen) atoms. The molecule has 0 aromatic heterocycles. The Balaban J connectivity index is 1.85. The number of hydrogen-bond acceptors (Lipinski definition) is 3. The highest BCUT2D eigenvalue weighted by Gasteiger charge is 2.19. The van der Waals surface area contributed by atoms with Crippen molar-refractivity contribution in [1.82, 2.24) is 5.32 Å². The van der Waals surface area contributed by atoms with Gasteiger partial charge in [-0.1, -0.05) is 6.42 Å². The Labute approximate surface area is 113 Å². The van der Waals surface area contributed by atoms with Crippen molar-refractivity contribution in [2.24, 2.45) is 5.92 Å². The van der Waals surface area contributed by atoms with Crippen molar-refractivity contribution < 1.29 is 9.50 Å². The van der Waals surface area contributed by atoms with E-state index < -0.39 is 0 Å². The second-order valence-corrected chi connectivity index (χ2v) is 5.23. The van der Waals surface area contributed by atoms with Gasteiger partial charge in [0, 0.05) is 6.54 Å². The van der Waals surface area contributed by atoms with Gasteiger partial charge in [0.1, 0.15) is 5.82 Å². The lowest BCUT2D eigenvalue weighted by Gasteiger charge is -2.26. The van der Waals surface area contributed by atoms with Gasteiger partial charge in [0.05, 0.1) is 17.7 Å². The van der Waals surface area contributed by atoms with Gasteiger partial charge >= 0.3 is 0 Å². The van der Waals surface area contributed by atoms with Crippen LogP contribution in [0.25, 0.3) is 0 Å². The molecule has 2 unspecified atom stereocenters. The minimum absolute atomic E-state index is 0.176. The first-order valence-corrected chi connectivity index (χ1v) is 6.76. The zero-order chi connectivity index (χ0) is 13.7. The Hall–Kier alpha value is -1.44. The third-order valence-electron chi connectivity index (χ3n) is 3.69. The van der Waals surface area contributed by atoms with E-state index in [1.165, 1.54) is 18.2 Å². The van der Waals surface area contributed by atoms with Crippen molar-refractivity contribution in [3.8, 4) is 6.07 Å². The van der Waals surface area contributed by atoms with E-state index >= 15 is 0 Å². The fourth-order valence-corrected chi connectivity index (χ4v) is 2.68. The maximum atomic E-state index is 13.1. The number of nitrogens with zero attached hydrogens (tertiary/aromatic N) is 1. The van der Waals surface area contributed by atoms with Gasteiger partial charge in [0.2, 0.25) is 0 Å². The molecule has 1 aromatic carbocycles. The van der Waals surface area contributed by atoms with Crippen LogP contribution in [0.15, 0.2) is 18.2 Å². The number of nitriles is 1. The molecule has 2 atom stereocenters. The summed E-state index contributed by atoms with van der Waals surface area (Å²) in [6.45, 7) is 1.30. The summed E-state index contributed by atoms with van der Waals surface area (Å²) in [5, 5.41) is 21.8. The molecule has 0 radical (unpaired) electrons. The summed E-state index contributed by atoms with van der Waals surface area (Å²) < 4.78 is 13.1. The van der Waals surface area contributed by atoms with Crippen molar-refractivity contribution in [3.05, 3.63) is 35.1 Å². The summed E-state index contributed by atoms with van der Waals surface area (Å²) >= 11 is 0.